The minimum Gasteiger partial charge on any atom is -0.454 e. The van der Waals surface area contributed by atoms with Gasteiger partial charge in [0.25, 0.3) is 0 Å². The summed E-state index contributed by atoms with van der Waals surface area (Å²) in [7, 11) is 0. The molecular formula is C21H15Cl2NO5. The number of pyridine rings is 1. The molecule has 0 amide bonds. The Kier molecular flexibility index (Phi) is 4.41. The van der Waals surface area contributed by atoms with Crippen molar-refractivity contribution in [2.24, 2.45) is 5.92 Å². The molecule has 0 spiro atoms. The Morgan fingerprint density at radius 2 is 1.93 bits per heavy atom. The summed E-state index contributed by atoms with van der Waals surface area (Å²) in [5.74, 6) is 1.98. The highest BCUT2D eigenvalue weighted by Gasteiger charge is 2.32. The van der Waals surface area contributed by atoms with Crippen molar-refractivity contribution in [2.75, 3.05) is 6.79 Å². The molecule has 0 N–H and O–H groups in total. The molecule has 0 atom stereocenters. The fourth-order valence-corrected chi connectivity index (χ4v) is 3.75. The highest BCUT2D eigenvalue weighted by molar-refractivity contribution is 6.41. The fourth-order valence-electron chi connectivity index (χ4n) is 3.14. The van der Waals surface area contributed by atoms with Crippen LogP contribution in [-0.4, -0.2) is 17.7 Å². The van der Waals surface area contributed by atoms with Gasteiger partial charge in [-0.2, -0.15) is 0 Å². The van der Waals surface area contributed by atoms with Crippen LogP contribution in [0.15, 0.2) is 30.3 Å². The third-order valence-electron chi connectivity index (χ3n) is 4.72. The first-order valence-corrected chi connectivity index (χ1v) is 9.84. The average molecular weight is 432 g/mol. The number of aryl methyl sites for hydroxylation is 1. The van der Waals surface area contributed by atoms with E-state index in [1.165, 1.54) is 0 Å². The van der Waals surface area contributed by atoms with Crippen molar-refractivity contribution in [3.8, 4) is 28.7 Å². The van der Waals surface area contributed by atoms with E-state index < -0.39 is 0 Å². The molecule has 5 rings (SSSR count). The van der Waals surface area contributed by atoms with Gasteiger partial charge in [-0.3, -0.25) is 9.78 Å². The number of rotatable bonds is 4. The average Bonchev–Trinajstić information content (AvgIpc) is 3.42. The molecular weight excluding hydrogens is 417 g/mol. The lowest BCUT2D eigenvalue weighted by Gasteiger charge is -2.15. The van der Waals surface area contributed by atoms with Crippen molar-refractivity contribution in [1.29, 1.82) is 0 Å². The van der Waals surface area contributed by atoms with Gasteiger partial charge in [0.05, 0.1) is 26.9 Å². The topological polar surface area (TPSA) is 66.9 Å². The molecule has 0 radical (unpaired) electrons. The zero-order chi connectivity index (χ0) is 20.1. The summed E-state index contributed by atoms with van der Waals surface area (Å²) in [6.45, 7) is 1.98. The summed E-state index contributed by atoms with van der Waals surface area (Å²) in [5, 5.41) is 0.986. The second-order valence-corrected chi connectivity index (χ2v) is 7.76. The van der Waals surface area contributed by atoms with Crippen molar-refractivity contribution in [3.63, 3.8) is 0 Å². The maximum atomic E-state index is 12.2. The van der Waals surface area contributed by atoms with Gasteiger partial charge in [-0.1, -0.05) is 23.2 Å². The SMILES string of the molecule is Cc1cc(OC(=O)C2CC2)c2c(Cl)c(Oc3ccc4c(c3)OCO4)c(Cl)cc2n1. The summed E-state index contributed by atoms with van der Waals surface area (Å²) in [5.41, 5.74) is 1.21. The van der Waals surface area contributed by atoms with Gasteiger partial charge in [-0.05, 0) is 38.0 Å². The predicted molar refractivity (Wildman–Crippen MR) is 107 cm³/mol. The molecule has 1 aromatic heterocycles. The number of nitrogens with zero attached hydrogens (tertiary/aromatic N) is 1. The normalized spacial score (nSPS) is 14.9. The highest BCUT2D eigenvalue weighted by Crippen LogP contribution is 2.46. The first-order valence-electron chi connectivity index (χ1n) is 9.08. The Bertz CT molecular complexity index is 1160. The Morgan fingerprint density at radius 3 is 2.72 bits per heavy atom. The molecule has 6 nitrogen and oxygen atoms in total. The molecule has 1 aliphatic carbocycles. The molecule has 0 saturated heterocycles. The van der Waals surface area contributed by atoms with Crippen LogP contribution in [0.1, 0.15) is 18.5 Å². The summed E-state index contributed by atoms with van der Waals surface area (Å²) < 4.78 is 22.3. The van der Waals surface area contributed by atoms with Gasteiger partial charge in [0, 0.05) is 17.8 Å². The van der Waals surface area contributed by atoms with Crippen LogP contribution in [0.5, 0.6) is 28.7 Å². The molecule has 1 fully saturated rings. The van der Waals surface area contributed by atoms with Crippen LogP contribution in [0.3, 0.4) is 0 Å². The van der Waals surface area contributed by atoms with Crippen molar-refractivity contribution in [3.05, 3.63) is 46.1 Å². The molecule has 0 unspecified atom stereocenters. The standard InChI is InChI=1S/C21H15Cl2NO5/c1-10-6-17(29-21(25)11-2-3-11)18-14(24-10)8-13(22)20(19(18)23)28-12-4-5-15-16(7-12)27-9-26-15/h4-8,11H,2-3,9H2,1H3. The van der Waals surface area contributed by atoms with E-state index >= 15 is 0 Å². The minimum atomic E-state index is -0.263. The van der Waals surface area contributed by atoms with Crippen molar-refractivity contribution >= 4 is 40.1 Å². The number of aromatic nitrogens is 1. The predicted octanol–water partition coefficient (Wildman–Crippen LogP) is 5.69. The van der Waals surface area contributed by atoms with Gasteiger partial charge in [-0.25, -0.2) is 0 Å². The number of carbonyl (C=O) groups excluding carboxylic acids is 1. The number of carbonyl (C=O) groups is 1. The van der Waals surface area contributed by atoms with Gasteiger partial charge in [-0.15, -0.1) is 0 Å². The highest BCUT2D eigenvalue weighted by atomic mass is 35.5. The quantitative estimate of drug-likeness (QED) is 0.494. The number of ether oxygens (including phenoxy) is 4. The second kappa shape index (κ2) is 6.97. The van der Waals surface area contributed by atoms with Gasteiger partial charge in [0.15, 0.2) is 17.2 Å². The largest absolute Gasteiger partial charge is 0.454 e. The number of esters is 1. The van der Waals surface area contributed by atoms with Crippen LogP contribution in [0.4, 0.5) is 0 Å². The summed E-state index contributed by atoms with van der Waals surface area (Å²) >= 11 is 13.1. The molecule has 3 aromatic rings. The fraction of sp³-hybridized carbons (Fsp3) is 0.238. The Hall–Kier alpha value is -2.70. The van der Waals surface area contributed by atoms with Crippen LogP contribution in [0.2, 0.25) is 10.0 Å². The lowest BCUT2D eigenvalue weighted by Crippen LogP contribution is -2.10. The number of benzene rings is 2. The lowest BCUT2D eigenvalue weighted by atomic mass is 10.1. The van der Waals surface area contributed by atoms with Gasteiger partial charge in [0.2, 0.25) is 6.79 Å². The molecule has 29 heavy (non-hydrogen) atoms. The van der Waals surface area contributed by atoms with E-state index in [1.807, 2.05) is 6.92 Å². The third-order valence-corrected chi connectivity index (χ3v) is 5.37. The van der Waals surface area contributed by atoms with Crippen LogP contribution in [-0.2, 0) is 4.79 Å². The lowest BCUT2D eigenvalue weighted by molar-refractivity contribution is -0.135. The van der Waals surface area contributed by atoms with E-state index in [0.717, 1.165) is 12.8 Å². The van der Waals surface area contributed by atoms with Crippen molar-refractivity contribution in [1.82, 2.24) is 4.98 Å². The van der Waals surface area contributed by atoms with Crippen molar-refractivity contribution < 1.29 is 23.7 Å². The monoisotopic (exact) mass is 431 g/mol. The second-order valence-electron chi connectivity index (χ2n) is 6.97. The molecule has 1 aliphatic heterocycles. The molecule has 0 bridgehead atoms. The molecule has 2 aliphatic rings. The molecule has 2 aromatic carbocycles. The van der Waals surface area contributed by atoms with Crippen molar-refractivity contribution in [2.45, 2.75) is 19.8 Å². The van der Waals surface area contributed by atoms with Gasteiger partial charge < -0.3 is 18.9 Å². The first-order chi connectivity index (χ1) is 14.0. The van der Waals surface area contributed by atoms with Crippen LogP contribution >= 0.6 is 23.2 Å². The van der Waals surface area contributed by atoms with E-state index in [0.29, 0.717) is 39.6 Å². The van der Waals surface area contributed by atoms with Gasteiger partial charge in [0.1, 0.15) is 11.5 Å². The van der Waals surface area contributed by atoms with E-state index in [2.05, 4.69) is 4.98 Å². The number of hydrogen-bond donors (Lipinski definition) is 0. The zero-order valence-electron chi connectivity index (χ0n) is 15.3. The molecule has 1 saturated carbocycles. The van der Waals surface area contributed by atoms with Crippen LogP contribution in [0, 0.1) is 12.8 Å². The molecule has 2 heterocycles. The van der Waals surface area contributed by atoms with Crippen LogP contribution < -0.4 is 18.9 Å². The summed E-state index contributed by atoms with van der Waals surface area (Å²) in [6.07, 6.45) is 1.69. The number of hydrogen-bond acceptors (Lipinski definition) is 6. The van der Waals surface area contributed by atoms with Crippen LogP contribution in [0.25, 0.3) is 10.9 Å². The zero-order valence-corrected chi connectivity index (χ0v) is 16.8. The maximum absolute atomic E-state index is 12.2. The van der Waals surface area contributed by atoms with E-state index in [4.69, 9.17) is 42.1 Å². The summed E-state index contributed by atoms with van der Waals surface area (Å²) in [4.78, 5) is 16.7. The summed E-state index contributed by atoms with van der Waals surface area (Å²) in [6, 6.07) is 8.50. The number of halogens is 2. The third kappa shape index (κ3) is 3.43. The molecule has 8 heteroatoms. The van der Waals surface area contributed by atoms with E-state index in [1.54, 1.807) is 30.3 Å². The first kappa shape index (κ1) is 18.3. The Balaban J connectivity index is 1.58. The minimum absolute atomic E-state index is 0.0473. The molecule has 148 valence electrons. The van der Waals surface area contributed by atoms with Gasteiger partial charge >= 0.3 is 5.97 Å². The smallest absolute Gasteiger partial charge is 0.314 e. The Morgan fingerprint density at radius 1 is 1.14 bits per heavy atom. The Labute approximate surface area is 176 Å². The van der Waals surface area contributed by atoms with E-state index in [-0.39, 0.29) is 34.5 Å². The maximum Gasteiger partial charge on any atom is 0.314 e. The number of fused-ring (bicyclic) bond motifs is 2. The van der Waals surface area contributed by atoms with E-state index in [9.17, 15) is 4.79 Å².